The van der Waals surface area contributed by atoms with E-state index < -0.39 is 35.4 Å². The van der Waals surface area contributed by atoms with E-state index in [1.807, 2.05) is 20.8 Å². The third-order valence-corrected chi connectivity index (χ3v) is 6.21. The molecule has 1 aromatic rings. The lowest BCUT2D eigenvalue weighted by atomic mass is 10.0. The average Bonchev–Trinajstić information content (AvgIpc) is 2.85. The molecule has 0 aromatic heterocycles. The van der Waals surface area contributed by atoms with Gasteiger partial charge in [0.1, 0.15) is 5.60 Å². The van der Waals surface area contributed by atoms with Gasteiger partial charge in [-0.3, -0.25) is 14.9 Å². The normalized spacial score (nSPS) is 12.9. The van der Waals surface area contributed by atoms with Crippen LogP contribution < -0.4 is 14.8 Å². The highest BCUT2D eigenvalue weighted by molar-refractivity contribution is 5.81. The topological polar surface area (TPSA) is 137 Å². The third-order valence-electron chi connectivity index (χ3n) is 6.21. The monoisotopic (exact) mass is 565 g/mol. The van der Waals surface area contributed by atoms with Gasteiger partial charge in [0.05, 0.1) is 0 Å². The van der Waals surface area contributed by atoms with Crippen LogP contribution in [0.2, 0.25) is 0 Å². The molecule has 0 fully saturated rings. The van der Waals surface area contributed by atoms with E-state index in [1.165, 1.54) is 18.2 Å². The van der Waals surface area contributed by atoms with Crippen molar-refractivity contribution in [3.63, 3.8) is 0 Å². The Balaban J connectivity index is 3.37. The Kier molecular flexibility index (Phi) is 14.7. The van der Waals surface area contributed by atoms with Crippen LogP contribution in [0.15, 0.2) is 18.2 Å². The van der Waals surface area contributed by atoms with Crippen molar-refractivity contribution in [1.29, 1.82) is 0 Å². The Labute approximate surface area is 238 Å². The van der Waals surface area contributed by atoms with Gasteiger partial charge in [0.2, 0.25) is 0 Å². The summed E-state index contributed by atoms with van der Waals surface area (Å²) in [4.78, 5) is 50.1. The fourth-order valence-electron chi connectivity index (χ4n) is 3.72. The molecule has 2 N–H and O–H groups in total. The Morgan fingerprint density at radius 2 is 1.40 bits per heavy atom. The van der Waals surface area contributed by atoms with Crippen molar-refractivity contribution in [2.75, 3.05) is 0 Å². The molecule has 10 heteroatoms. The van der Waals surface area contributed by atoms with E-state index in [-0.39, 0.29) is 36.8 Å². The van der Waals surface area contributed by atoms with E-state index in [1.54, 1.807) is 27.7 Å². The number of rotatable bonds is 18. The summed E-state index contributed by atoms with van der Waals surface area (Å²) in [7, 11) is 0. The van der Waals surface area contributed by atoms with Gasteiger partial charge >= 0.3 is 24.1 Å². The van der Waals surface area contributed by atoms with Gasteiger partial charge in [0.15, 0.2) is 11.5 Å². The standard InChI is InChI=1S/C30H47NO9/c1-8-11-13-15-25(32)37-23-18-17-22(19-24(23)38-26(33)16-14-12-9-2)20-30(27(34)35,31-21(4)5)40-28(36)39-29(6,7)10-3/h17-19,21,31H,8-16,20H2,1-7H3,(H,34,35)/t30-/m0/s1. The van der Waals surface area contributed by atoms with Crippen molar-refractivity contribution in [1.82, 2.24) is 5.32 Å². The zero-order chi connectivity index (χ0) is 30.3. The van der Waals surface area contributed by atoms with E-state index in [0.717, 1.165) is 25.7 Å². The summed E-state index contributed by atoms with van der Waals surface area (Å²) in [5.41, 5.74) is -2.68. The van der Waals surface area contributed by atoms with Crippen molar-refractivity contribution < 1.29 is 43.2 Å². The van der Waals surface area contributed by atoms with Crippen molar-refractivity contribution in [3.05, 3.63) is 23.8 Å². The first-order valence-corrected chi connectivity index (χ1v) is 14.2. The molecule has 1 rings (SSSR count). The number of nitrogens with one attached hydrogen (secondary N) is 1. The van der Waals surface area contributed by atoms with Gasteiger partial charge in [-0.15, -0.1) is 0 Å². The molecular weight excluding hydrogens is 518 g/mol. The van der Waals surface area contributed by atoms with Crippen LogP contribution in [0.4, 0.5) is 4.79 Å². The van der Waals surface area contributed by atoms with E-state index in [0.29, 0.717) is 24.8 Å². The predicted octanol–water partition coefficient (Wildman–Crippen LogP) is 6.32. The average molecular weight is 566 g/mol. The first kappa shape index (κ1) is 34.9. The maximum atomic E-state index is 12.7. The molecular formula is C30H47NO9. The molecule has 10 nitrogen and oxygen atoms in total. The first-order chi connectivity index (χ1) is 18.8. The molecule has 0 amide bonds. The van der Waals surface area contributed by atoms with E-state index in [9.17, 15) is 24.3 Å². The van der Waals surface area contributed by atoms with Crippen molar-refractivity contribution >= 4 is 24.1 Å². The minimum absolute atomic E-state index is 0.0126. The molecule has 0 heterocycles. The van der Waals surface area contributed by atoms with Gasteiger partial charge < -0.3 is 24.1 Å². The van der Waals surface area contributed by atoms with Crippen LogP contribution in [0, 0.1) is 0 Å². The van der Waals surface area contributed by atoms with E-state index >= 15 is 0 Å². The van der Waals surface area contributed by atoms with Crippen molar-refractivity contribution in [2.24, 2.45) is 0 Å². The third kappa shape index (κ3) is 12.4. The van der Waals surface area contributed by atoms with Crippen LogP contribution in [0.25, 0.3) is 0 Å². The Hall–Kier alpha value is -3.14. The number of carbonyl (C=O) groups is 4. The highest BCUT2D eigenvalue weighted by atomic mass is 16.8. The smallest absolute Gasteiger partial charge is 0.477 e. The number of ether oxygens (including phenoxy) is 4. The highest BCUT2D eigenvalue weighted by Gasteiger charge is 2.45. The van der Waals surface area contributed by atoms with Crippen molar-refractivity contribution in [2.45, 2.75) is 130 Å². The molecule has 1 atom stereocenters. The minimum Gasteiger partial charge on any atom is -0.477 e. The quantitative estimate of drug-likeness (QED) is 0.0900. The van der Waals surface area contributed by atoms with Gasteiger partial charge in [-0.05, 0) is 64.7 Å². The summed E-state index contributed by atoms with van der Waals surface area (Å²) >= 11 is 0. The predicted molar refractivity (Wildman–Crippen MR) is 150 cm³/mol. The highest BCUT2D eigenvalue weighted by Crippen LogP contribution is 2.32. The molecule has 0 saturated carbocycles. The number of carboxylic acid groups (broad SMARTS) is 1. The van der Waals surface area contributed by atoms with Crippen LogP contribution in [0.5, 0.6) is 11.5 Å². The Bertz CT molecular complexity index is 989. The number of hydrogen-bond donors (Lipinski definition) is 2. The maximum Gasteiger partial charge on any atom is 0.511 e. The molecule has 0 aliphatic rings. The van der Waals surface area contributed by atoms with E-state index in [4.69, 9.17) is 18.9 Å². The number of esters is 2. The van der Waals surface area contributed by atoms with Crippen LogP contribution in [0.3, 0.4) is 0 Å². The number of unbranched alkanes of at least 4 members (excludes halogenated alkanes) is 4. The molecule has 0 saturated heterocycles. The van der Waals surface area contributed by atoms with E-state index in [2.05, 4.69) is 5.32 Å². The van der Waals surface area contributed by atoms with Gasteiger partial charge in [-0.2, -0.15) is 0 Å². The van der Waals surface area contributed by atoms with Gasteiger partial charge in [-0.1, -0.05) is 52.5 Å². The number of hydrogen-bond acceptors (Lipinski definition) is 9. The zero-order valence-electron chi connectivity index (χ0n) is 25.1. The molecule has 0 unspecified atom stereocenters. The summed E-state index contributed by atoms with van der Waals surface area (Å²) in [5, 5.41) is 13.0. The minimum atomic E-state index is -2.18. The number of carbonyl (C=O) groups excluding carboxylic acids is 3. The number of carboxylic acids is 1. The van der Waals surface area contributed by atoms with Crippen molar-refractivity contribution in [3.8, 4) is 11.5 Å². The molecule has 1 aromatic carbocycles. The fraction of sp³-hybridized carbons (Fsp3) is 0.667. The molecule has 0 aliphatic carbocycles. The SMILES string of the molecule is CCCCCC(=O)Oc1ccc(C[C@](NC(C)C)(OC(=O)OC(C)(C)CC)C(=O)O)cc1OC(=O)CCCCC. The molecule has 40 heavy (non-hydrogen) atoms. The maximum absolute atomic E-state index is 12.7. The van der Waals surface area contributed by atoms with Crippen LogP contribution in [-0.2, 0) is 30.3 Å². The van der Waals surface area contributed by atoms with Crippen LogP contribution in [-0.4, -0.2) is 46.5 Å². The lowest BCUT2D eigenvalue weighted by Gasteiger charge is -2.33. The second-order valence-corrected chi connectivity index (χ2v) is 10.8. The lowest BCUT2D eigenvalue weighted by Crippen LogP contribution is -2.59. The number of benzene rings is 1. The molecule has 0 spiro atoms. The van der Waals surface area contributed by atoms with Gasteiger partial charge in [-0.25, -0.2) is 9.59 Å². The summed E-state index contributed by atoms with van der Waals surface area (Å²) in [6, 6.07) is 4.02. The molecule has 226 valence electrons. The summed E-state index contributed by atoms with van der Waals surface area (Å²) in [6.45, 7) is 12.7. The second kappa shape index (κ2) is 16.8. The fourth-order valence-corrected chi connectivity index (χ4v) is 3.72. The summed E-state index contributed by atoms with van der Waals surface area (Å²) < 4.78 is 21.8. The summed E-state index contributed by atoms with van der Waals surface area (Å²) in [6.07, 6.45) is 4.36. The number of aliphatic carboxylic acids is 1. The first-order valence-electron chi connectivity index (χ1n) is 14.2. The molecule has 0 bridgehead atoms. The molecule has 0 aliphatic heterocycles. The second-order valence-electron chi connectivity index (χ2n) is 10.8. The lowest BCUT2D eigenvalue weighted by molar-refractivity contribution is -0.169. The Morgan fingerprint density at radius 1 is 0.850 bits per heavy atom. The zero-order valence-corrected chi connectivity index (χ0v) is 25.1. The van der Waals surface area contributed by atoms with Gasteiger partial charge in [0.25, 0.3) is 5.72 Å². The van der Waals surface area contributed by atoms with Crippen LogP contribution >= 0.6 is 0 Å². The van der Waals surface area contributed by atoms with Crippen LogP contribution in [0.1, 0.15) is 112 Å². The van der Waals surface area contributed by atoms with Gasteiger partial charge in [0, 0.05) is 25.3 Å². The Morgan fingerprint density at radius 3 is 1.88 bits per heavy atom. The summed E-state index contributed by atoms with van der Waals surface area (Å²) in [5.74, 6) is -2.36. The largest absolute Gasteiger partial charge is 0.511 e. The molecule has 0 radical (unpaired) electrons.